The number of ether oxygens (including phenoxy) is 2. The number of rotatable bonds is 9. The summed E-state index contributed by atoms with van der Waals surface area (Å²) >= 11 is 0. The fourth-order valence-electron chi connectivity index (χ4n) is 2.04. The molecule has 0 amide bonds. The Labute approximate surface area is 116 Å². The van der Waals surface area contributed by atoms with Crippen molar-refractivity contribution in [2.75, 3.05) is 33.9 Å². The summed E-state index contributed by atoms with van der Waals surface area (Å²) in [5, 5.41) is 3.40. The molecular weight excluding hydrogens is 238 g/mol. The maximum absolute atomic E-state index is 5.40. The topological polar surface area (TPSA) is 30.5 Å². The second kappa shape index (κ2) is 7.97. The molecule has 0 saturated heterocycles. The molecule has 0 fully saturated rings. The molecule has 1 rings (SSSR count). The summed E-state index contributed by atoms with van der Waals surface area (Å²) in [6.45, 7) is 8.62. The fraction of sp³-hybridized carbons (Fsp3) is 0.500. The van der Waals surface area contributed by atoms with Gasteiger partial charge in [-0.15, -0.1) is 6.58 Å². The fourth-order valence-corrected chi connectivity index (χ4v) is 2.04. The zero-order chi connectivity index (χ0) is 14.1. The highest BCUT2D eigenvalue weighted by Gasteiger charge is 2.22. The molecular formula is C16H25NO2. The number of hydrogen-bond donors (Lipinski definition) is 1. The summed E-state index contributed by atoms with van der Waals surface area (Å²) in [6, 6.07) is 8.14. The maximum Gasteiger partial charge on any atom is 0.122 e. The van der Waals surface area contributed by atoms with Crippen LogP contribution in [-0.2, 0) is 11.2 Å². The SMILES string of the molecule is C=CC(C)(CNCCOC)Cc1ccccc1OC. The molecule has 0 spiro atoms. The summed E-state index contributed by atoms with van der Waals surface area (Å²) in [6.07, 6.45) is 2.92. The Morgan fingerprint density at radius 2 is 2.05 bits per heavy atom. The van der Waals surface area contributed by atoms with Crippen LogP contribution < -0.4 is 10.1 Å². The number of nitrogens with one attached hydrogen (secondary N) is 1. The molecule has 0 bridgehead atoms. The van der Waals surface area contributed by atoms with Crippen molar-refractivity contribution in [2.45, 2.75) is 13.3 Å². The number of benzene rings is 1. The van der Waals surface area contributed by atoms with Crippen molar-refractivity contribution in [2.24, 2.45) is 5.41 Å². The molecule has 0 aliphatic rings. The van der Waals surface area contributed by atoms with E-state index in [4.69, 9.17) is 9.47 Å². The Morgan fingerprint density at radius 1 is 1.32 bits per heavy atom. The van der Waals surface area contributed by atoms with E-state index in [1.165, 1.54) is 5.56 Å². The maximum atomic E-state index is 5.40. The van der Waals surface area contributed by atoms with Gasteiger partial charge in [0.05, 0.1) is 13.7 Å². The lowest BCUT2D eigenvalue weighted by Gasteiger charge is -2.27. The van der Waals surface area contributed by atoms with E-state index >= 15 is 0 Å². The van der Waals surface area contributed by atoms with Gasteiger partial charge >= 0.3 is 0 Å². The lowest BCUT2D eigenvalue weighted by atomic mass is 9.83. The van der Waals surface area contributed by atoms with E-state index in [2.05, 4.69) is 24.9 Å². The van der Waals surface area contributed by atoms with Crippen LogP contribution in [0.2, 0.25) is 0 Å². The zero-order valence-electron chi connectivity index (χ0n) is 12.2. The van der Waals surface area contributed by atoms with Gasteiger partial charge in [-0.05, 0) is 18.1 Å². The third-order valence-electron chi connectivity index (χ3n) is 3.29. The number of methoxy groups -OCH3 is 2. The smallest absolute Gasteiger partial charge is 0.122 e. The first kappa shape index (κ1) is 15.7. The molecule has 3 heteroatoms. The van der Waals surface area contributed by atoms with E-state index in [0.29, 0.717) is 0 Å². The molecule has 1 N–H and O–H groups in total. The summed E-state index contributed by atoms with van der Waals surface area (Å²) in [7, 11) is 3.42. The van der Waals surface area contributed by atoms with Crippen molar-refractivity contribution < 1.29 is 9.47 Å². The monoisotopic (exact) mass is 263 g/mol. The van der Waals surface area contributed by atoms with E-state index < -0.39 is 0 Å². The second-order valence-corrected chi connectivity index (χ2v) is 5.02. The third kappa shape index (κ3) is 5.05. The van der Waals surface area contributed by atoms with Crippen molar-refractivity contribution in [1.29, 1.82) is 0 Å². The molecule has 1 aromatic rings. The Hall–Kier alpha value is -1.32. The van der Waals surface area contributed by atoms with Gasteiger partial charge in [0.2, 0.25) is 0 Å². The van der Waals surface area contributed by atoms with Crippen LogP contribution in [0.3, 0.4) is 0 Å². The summed E-state index contributed by atoms with van der Waals surface area (Å²) in [5.41, 5.74) is 1.21. The van der Waals surface area contributed by atoms with Crippen molar-refractivity contribution in [3.63, 3.8) is 0 Å². The Morgan fingerprint density at radius 3 is 2.68 bits per heavy atom. The van der Waals surface area contributed by atoms with E-state index in [0.717, 1.165) is 31.9 Å². The predicted octanol–water partition coefficient (Wildman–Crippen LogP) is 2.67. The van der Waals surface area contributed by atoms with Gasteiger partial charge in [-0.3, -0.25) is 0 Å². The molecule has 0 heterocycles. The highest BCUT2D eigenvalue weighted by atomic mass is 16.5. The Kier molecular flexibility index (Phi) is 6.60. The molecule has 0 aliphatic heterocycles. The Bertz CT molecular complexity index is 392. The first-order chi connectivity index (χ1) is 9.15. The van der Waals surface area contributed by atoms with Crippen LogP contribution in [-0.4, -0.2) is 33.9 Å². The van der Waals surface area contributed by atoms with E-state index in [9.17, 15) is 0 Å². The minimum Gasteiger partial charge on any atom is -0.496 e. The van der Waals surface area contributed by atoms with E-state index in [1.54, 1.807) is 14.2 Å². The van der Waals surface area contributed by atoms with Gasteiger partial charge in [-0.2, -0.15) is 0 Å². The van der Waals surface area contributed by atoms with Gasteiger partial charge in [0, 0.05) is 25.6 Å². The zero-order valence-corrected chi connectivity index (χ0v) is 12.2. The minimum atomic E-state index is 0.00236. The standard InChI is InChI=1S/C16H25NO2/c1-5-16(2,13-17-10-11-18-3)12-14-8-6-7-9-15(14)19-4/h5-9,17H,1,10-13H2,2-4H3. The van der Waals surface area contributed by atoms with E-state index in [1.807, 2.05) is 24.3 Å². The summed E-state index contributed by atoms with van der Waals surface area (Å²) in [4.78, 5) is 0. The number of hydrogen-bond acceptors (Lipinski definition) is 3. The molecule has 3 nitrogen and oxygen atoms in total. The first-order valence-electron chi connectivity index (χ1n) is 6.60. The number of para-hydroxylation sites is 1. The van der Waals surface area contributed by atoms with Crippen LogP contribution in [0, 0.1) is 5.41 Å². The quantitative estimate of drug-likeness (QED) is 0.549. The average molecular weight is 263 g/mol. The first-order valence-corrected chi connectivity index (χ1v) is 6.60. The Balaban J connectivity index is 2.66. The molecule has 1 atom stereocenters. The summed E-state index contributed by atoms with van der Waals surface area (Å²) < 4.78 is 10.4. The molecule has 19 heavy (non-hydrogen) atoms. The molecule has 0 aliphatic carbocycles. The van der Waals surface area contributed by atoms with Gasteiger partial charge in [0.1, 0.15) is 5.75 Å². The van der Waals surface area contributed by atoms with E-state index in [-0.39, 0.29) is 5.41 Å². The highest BCUT2D eigenvalue weighted by Crippen LogP contribution is 2.28. The predicted molar refractivity (Wildman–Crippen MR) is 79.7 cm³/mol. The van der Waals surface area contributed by atoms with Gasteiger partial charge in [0.25, 0.3) is 0 Å². The van der Waals surface area contributed by atoms with Gasteiger partial charge in [-0.25, -0.2) is 0 Å². The average Bonchev–Trinajstić information content (AvgIpc) is 2.44. The third-order valence-corrected chi connectivity index (χ3v) is 3.29. The lowest BCUT2D eigenvalue weighted by molar-refractivity contribution is 0.195. The van der Waals surface area contributed by atoms with Gasteiger partial charge < -0.3 is 14.8 Å². The van der Waals surface area contributed by atoms with Crippen LogP contribution in [0.4, 0.5) is 0 Å². The molecule has 106 valence electrons. The lowest BCUT2D eigenvalue weighted by Crippen LogP contribution is -2.33. The van der Waals surface area contributed by atoms with Gasteiger partial charge in [-0.1, -0.05) is 31.2 Å². The van der Waals surface area contributed by atoms with Crippen LogP contribution in [0.15, 0.2) is 36.9 Å². The normalized spacial score (nSPS) is 13.8. The molecule has 0 aromatic heterocycles. The summed E-state index contributed by atoms with van der Waals surface area (Å²) in [5.74, 6) is 0.937. The largest absolute Gasteiger partial charge is 0.496 e. The van der Waals surface area contributed by atoms with Crippen molar-refractivity contribution in [3.8, 4) is 5.75 Å². The highest BCUT2D eigenvalue weighted by molar-refractivity contribution is 5.34. The minimum absolute atomic E-state index is 0.00236. The molecule has 1 aromatic carbocycles. The second-order valence-electron chi connectivity index (χ2n) is 5.02. The van der Waals surface area contributed by atoms with Crippen LogP contribution in [0.1, 0.15) is 12.5 Å². The molecule has 1 unspecified atom stereocenters. The van der Waals surface area contributed by atoms with Crippen LogP contribution in [0.5, 0.6) is 5.75 Å². The van der Waals surface area contributed by atoms with Crippen LogP contribution >= 0.6 is 0 Å². The van der Waals surface area contributed by atoms with Crippen LogP contribution in [0.25, 0.3) is 0 Å². The molecule has 0 saturated carbocycles. The van der Waals surface area contributed by atoms with Crippen molar-refractivity contribution >= 4 is 0 Å². The van der Waals surface area contributed by atoms with Crippen molar-refractivity contribution in [3.05, 3.63) is 42.5 Å². The van der Waals surface area contributed by atoms with Crippen molar-refractivity contribution in [1.82, 2.24) is 5.32 Å². The van der Waals surface area contributed by atoms with Gasteiger partial charge in [0.15, 0.2) is 0 Å². The molecule has 0 radical (unpaired) electrons.